The lowest BCUT2D eigenvalue weighted by molar-refractivity contribution is -0.147. The van der Waals surface area contributed by atoms with Gasteiger partial charge < -0.3 is 14.7 Å². The number of amides is 1. The summed E-state index contributed by atoms with van der Waals surface area (Å²) in [5.74, 6) is -1.69. The van der Waals surface area contributed by atoms with Gasteiger partial charge in [-0.15, -0.1) is 0 Å². The number of aliphatic hydroxyl groups excluding tert-OH is 1. The number of ether oxygens (including phenoxy) is 1. The molecule has 1 aromatic rings. The van der Waals surface area contributed by atoms with Crippen LogP contribution in [0.5, 0.6) is 0 Å². The van der Waals surface area contributed by atoms with Gasteiger partial charge in [-0.3, -0.25) is 4.79 Å². The molecule has 1 heterocycles. The van der Waals surface area contributed by atoms with E-state index in [9.17, 15) is 18.7 Å². The lowest BCUT2D eigenvalue weighted by Gasteiger charge is -2.37. The van der Waals surface area contributed by atoms with Gasteiger partial charge in [-0.25, -0.2) is 8.78 Å². The molecule has 1 amide bonds. The van der Waals surface area contributed by atoms with Crippen molar-refractivity contribution in [1.82, 2.24) is 4.90 Å². The molecule has 1 N–H and O–H groups in total. The van der Waals surface area contributed by atoms with Gasteiger partial charge in [0.2, 0.25) is 5.91 Å². The molecular formula is C16H19F2NO3. The second kappa shape index (κ2) is 5.93. The summed E-state index contributed by atoms with van der Waals surface area (Å²) in [5, 5.41) is 9.18. The summed E-state index contributed by atoms with van der Waals surface area (Å²) in [6, 6.07) is 3.43. The van der Waals surface area contributed by atoms with E-state index >= 15 is 0 Å². The van der Waals surface area contributed by atoms with Crippen molar-refractivity contribution in [2.24, 2.45) is 5.92 Å². The predicted octanol–water partition coefficient (Wildman–Crippen LogP) is 1.68. The maximum Gasteiger partial charge on any atom is 0.226 e. The fourth-order valence-corrected chi connectivity index (χ4v) is 3.06. The Balaban J connectivity index is 1.69. The highest BCUT2D eigenvalue weighted by molar-refractivity contribution is 5.83. The Morgan fingerprint density at radius 2 is 2.23 bits per heavy atom. The molecule has 3 rings (SSSR count). The zero-order chi connectivity index (χ0) is 15.9. The SMILES string of the molecule is CC1COC(CO)CN1C(=O)C1CC1c1ccc(F)cc1F. The first-order valence-electron chi connectivity index (χ1n) is 7.49. The van der Waals surface area contributed by atoms with Crippen LogP contribution in [0.25, 0.3) is 0 Å². The standard InChI is InChI=1S/C16H19F2NO3/c1-9-8-22-11(7-20)6-19(9)16(21)14-5-13(14)12-3-2-10(17)4-15(12)18/h2-4,9,11,13-14,20H,5-8H2,1H3. The number of hydrogen-bond donors (Lipinski definition) is 1. The first kappa shape index (κ1) is 15.4. The molecule has 4 nitrogen and oxygen atoms in total. The predicted molar refractivity (Wildman–Crippen MR) is 75.2 cm³/mol. The zero-order valence-corrected chi connectivity index (χ0v) is 12.3. The molecule has 22 heavy (non-hydrogen) atoms. The highest BCUT2D eigenvalue weighted by atomic mass is 19.1. The Kier molecular flexibility index (Phi) is 4.14. The molecule has 1 aliphatic carbocycles. The monoisotopic (exact) mass is 311 g/mol. The third-order valence-corrected chi connectivity index (χ3v) is 4.46. The number of carbonyl (C=O) groups excluding carboxylic acids is 1. The van der Waals surface area contributed by atoms with Gasteiger partial charge in [0.1, 0.15) is 11.6 Å². The van der Waals surface area contributed by atoms with Crippen molar-refractivity contribution >= 4 is 5.91 Å². The molecule has 2 fully saturated rings. The van der Waals surface area contributed by atoms with Gasteiger partial charge in [0.05, 0.1) is 25.4 Å². The normalized spacial score (nSPS) is 31.2. The van der Waals surface area contributed by atoms with E-state index in [1.807, 2.05) is 6.92 Å². The molecule has 1 aliphatic heterocycles. The Labute approximate surface area is 127 Å². The van der Waals surface area contributed by atoms with Crippen molar-refractivity contribution in [2.45, 2.75) is 31.4 Å². The van der Waals surface area contributed by atoms with Crippen LogP contribution in [0.4, 0.5) is 8.78 Å². The number of benzene rings is 1. The number of aliphatic hydroxyl groups is 1. The summed E-state index contributed by atoms with van der Waals surface area (Å²) in [6.07, 6.45) is 0.217. The smallest absolute Gasteiger partial charge is 0.226 e. The molecule has 1 saturated heterocycles. The summed E-state index contributed by atoms with van der Waals surface area (Å²) in [7, 11) is 0. The first-order chi connectivity index (χ1) is 10.5. The van der Waals surface area contributed by atoms with Crippen LogP contribution in [0, 0.1) is 17.6 Å². The molecule has 0 spiro atoms. The van der Waals surface area contributed by atoms with Crippen molar-refractivity contribution in [3.63, 3.8) is 0 Å². The summed E-state index contributed by atoms with van der Waals surface area (Å²) < 4.78 is 32.2. The van der Waals surface area contributed by atoms with E-state index in [1.165, 1.54) is 12.1 Å². The molecule has 0 aromatic heterocycles. The van der Waals surface area contributed by atoms with Crippen molar-refractivity contribution in [3.05, 3.63) is 35.4 Å². The molecule has 6 heteroatoms. The Bertz CT molecular complexity index is 581. The third kappa shape index (κ3) is 2.85. The van der Waals surface area contributed by atoms with Gasteiger partial charge in [0, 0.05) is 18.5 Å². The first-order valence-corrected chi connectivity index (χ1v) is 7.49. The number of carbonyl (C=O) groups is 1. The average Bonchev–Trinajstić information content (AvgIpc) is 3.27. The van der Waals surface area contributed by atoms with Crippen molar-refractivity contribution in [2.75, 3.05) is 19.8 Å². The molecule has 4 unspecified atom stereocenters. The van der Waals surface area contributed by atoms with E-state index in [4.69, 9.17) is 4.74 Å². The van der Waals surface area contributed by atoms with Gasteiger partial charge in [-0.2, -0.15) is 0 Å². The van der Waals surface area contributed by atoms with Gasteiger partial charge >= 0.3 is 0 Å². The maximum absolute atomic E-state index is 13.8. The van der Waals surface area contributed by atoms with Gasteiger partial charge in [-0.1, -0.05) is 6.07 Å². The van der Waals surface area contributed by atoms with Crippen LogP contribution in [0.15, 0.2) is 18.2 Å². The molecule has 1 aromatic carbocycles. The molecule has 1 saturated carbocycles. The lowest BCUT2D eigenvalue weighted by Crippen LogP contribution is -2.52. The quantitative estimate of drug-likeness (QED) is 0.924. The van der Waals surface area contributed by atoms with Crippen LogP contribution in [0.2, 0.25) is 0 Å². The van der Waals surface area contributed by atoms with E-state index in [0.29, 0.717) is 25.1 Å². The molecule has 120 valence electrons. The van der Waals surface area contributed by atoms with E-state index in [2.05, 4.69) is 0 Å². The zero-order valence-electron chi connectivity index (χ0n) is 12.3. The Morgan fingerprint density at radius 1 is 1.45 bits per heavy atom. The molecule has 2 aliphatic rings. The second-order valence-electron chi connectivity index (χ2n) is 6.09. The second-order valence-corrected chi connectivity index (χ2v) is 6.09. The molecule has 4 atom stereocenters. The molecular weight excluding hydrogens is 292 g/mol. The van der Waals surface area contributed by atoms with Gasteiger partial charge in [0.15, 0.2) is 0 Å². The molecule has 0 radical (unpaired) electrons. The number of hydrogen-bond acceptors (Lipinski definition) is 3. The van der Waals surface area contributed by atoms with Crippen LogP contribution >= 0.6 is 0 Å². The fourth-order valence-electron chi connectivity index (χ4n) is 3.06. The van der Waals surface area contributed by atoms with Crippen molar-refractivity contribution < 1.29 is 23.4 Å². The van der Waals surface area contributed by atoms with Crippen molar-refractivity contribution in [1.29, 1.82) is 0 Å². The van der Waals surface area contributed by atoms with Crippen molar-refractivity contribution in [3.8, 4) is 0 Å². The topological polar surface area (TPSA) is 49.8 Å². The highest BCUT2D eigenvalue weighted by Gasteiger charge is 2.48. The van der Waals surface area contributed by atoms with Crippen LogP contribution < -0.4 is 0 Å². The van der Waals surface area contributed by atoms with Gasteiger partial charge in [0.25, 0.3) is 0 Å². The van der Waals surface area contributed by atoms with E-state index in [-0.39, 0.29) is 36.5 Å². The summed E-state index contributed by atoms with van der Waals surface area (Å²) in [4.78, 5) is 14.3. The Hall–Kier alpha value is -1.53. The highest BCUT2D eigenvalue weighted by Crippen LogP contribution is 2.49. The third-order valence-electron chi connectivity index (χ3n) is 4.46. The number of nitrogens with zero attached hydrogens (tertiary/aromatic N) is 1. The van der Waals surface area contributed by atoms with Gasteiger partial charge in [-0.05, 0) is 30.9 Å². The minimum atomic E-state index is -0.614. The number of morpholine rings is 1. The average molecular weight is 311 g/mol. The molecule has 0 bridgehead atoms. The largest absolute Gasteiger partial charge is 0.394 e. The van der Waals surface area contributed by atoms with Crippen LogP contribution in [-0.2, 0) is 9.53 Å². The summed E-state index contributed by atoms with van der Waals surface area (Å²) in [6.45, 7) is 2.50. The number of rotatable bonds is 3. The van der Waals surface area contributed by atoms with E-state index in [0.717, 1.165) is 6.07 Å². The fraction of sp³-hybridized carbons (Fsp3) is 0.562. The lowest BCUT2D eigenvalue weighted by atomic mass is 10.1. The van der Waals surface area contributed by atoms with Crippen LogP contribution in [0.3, 0.4) is 0 Å². The number of halogens is 2. The van der Waals surface area contributed by atoms with Crippen LogP contribution in [-0.4, -0.2) is 47.8 Å². The Morgan fingerprint density at radius 3 is 2.91 bits per heavy atom. The van der Waals surface area contributed by atoms with Crippen LogP contribution in [0.1, 0.15) is 24.8 Å². The minimum absolute atomic E-state index is 0.0389. The van der Waals surface area contributed by atoms with E-state index in [1.54, 1.807) is 4.90 Å². The maximum atomic E-state index is 13.8. The minimum Gasteiger partial charge on any atom is -0.394 e. The summed E-state index contributed by atoms with van der Waals surface area (Å²) in [5.41, 5.74) is 0.402. The van der Waals surface area contributed by atoms with E-state index < -0.39 is 11.6 Å². The summed E-state index contributed by atoms with van der Waals surface area (Å²) >= 11 is 0.